The molecule has 6 heteroatoms. The van der Waals surface area contributed by atoms with Gasteiger partial charge in [0.2, 0.25) is 0 Å². The van der Waals surface area contributed by atoms with E-state index in [-0.39, 0.29) is 31.1 Å². The molecule has 0 aromatic heterocycles. The molecule has 0 aromatic rings. The van der Waals surface area contributed by atoms with E-state index < -0.39 is 6.10 Å². The molecule has 0 rings (SSSR count). The van der Waals surface area contributed by atoms with Crippen LogP contribution in [0.2, 0.25) is 0 Å². The van der Waals surface area contributed by atoms with Crippen LogP contribution in [0.15, 0.2) is 97.2 Å². The summed E-state index contributed by atoms with van der Waals surface area (Å²) >= 11 is 0. The van der Waals surface area contributed by atoms with Crippen molar-refractivity contribution < 1.29 is 28.6 Å². The average molecular weight is 1040 g/mol. The van der Waals surface area contributed by atoms with Crippen molar-refractivity contribution in [1.29, 1.82) is 0 Å². The SMILES string of the molecule is CC/C=C\C/C=C\C/C=C\C/C=C\CCCCCCCCCCCCCCCCCCCCC(=O)OCC(COC(=O)CCCCCCC)OC(=O)CCCCCCCCCC/C=C\C/C=C\C/C=C\C/C=C\CC. The zero-order valence-corrected chi connectivity index (χ0v) is 49.3. The largest absolute Gasteiger partial charge is 0.462 e. The predicted octanol–water partition coefficient (Wildman–Crippen LogP) is 21.7. The van der Waals surface area contributed by atoms with Crippen LogP contribution in [-0.2, 0) is 28.6 Å². The van der Waals surface area contributed by atoms with Gasteiger partial charge >= 0.3 is 17.9 Å². The maximum absolute atomic E-state index is 12.8. The monoisotopic (exact) mass is 1040 g/mol. The Morgan fingerprint density at radius 1 is 0.280 bits per heavy atom. The summed E-state index contributed by atoms with van der Waals surface area (Å²) in [7, 11) is 0. The van der Waals surface area contributed by atoms with Crippen molar-refractivity contribution in [2.45, 2.75) is 309 Å². The van der Waals surface area contributed by atoms with Gasteiger partial charge in [-0.2, -0.15) is 0 Å². The van der Waals surface area contributed by atoms with Crippen molar-refractivity contribution in [3.05, 3.63) is 97.2 Å². The van der Waals surface area contributed by atoms with Crippen molar-refractivity contribution in [2.24, 2.45) is 0 Å². The van der Waals surface area contributed by atoms with Crippen LogP contribution in [0.4, 0.5) is 0 Å². The number of unbranched alkanes of at least 4 members (excludes halogenated alkanes) is 30. The minimum Gasteiger partial charge on any atom is -0.462 e. The third-order valence-electron chi connectivity index (χ3n) is 13.6. The molecule has 0 aliphatic carbocycles. The predicted molar refractivity (Wildman–Crippen MR) is 325 cm³/mol. The van der Waals surface area contributed by atoms with E-state index in [4.69, 9.17) is 14.2 Å². The normalized spacial score (nSPS) is 12.7. The second-order valence-electron chi connectivity index (χ2n) is 20.9. The van der Waals surface area contributed by atoms with Gasteiger partial charge in [-0.05, 0) is 96.3 Å². The van der Waals surface area contributed by atoms with Crippen LogP contribution in [0.5, 0.6) is 0 Å². The quantitative estimate of drug-likeness (QED) is 0.0261. The number of hydrogen-bond acceptors (Lipinski definition) is 6. The molecular formula is C69H118O6. The fourth-order valence-corrected chi connectivity index (χ4v) is 8.90. The summed E-state index contributed by atoms with van der Waals surface area (Å²) in [6, 6.07) is 0. The lowest BCUT2D eigenvalue weighted by atomic mass is 10.0. The highest BCUT2D eigenvalue weighted by Crippen LogP contribution is 2.17. The van der Waals surface area contributed by atoms with Crippen molar-refractivity contribution in [2.75, 3.05) is 13.2 Å². The van der Waals surface area contributed by atoms with Crippen molar-refractivity contribution in [3.63, 3.8) is 0 Å². The van der Waals surface area contributed by atoms with Gasteiger partial charge in [0.15, 0.2) is 6.10 Å². The first-order chi connectivity index (χ1) is 37.0. The molecule has 0 spiro atoms. The number of allylic oxidation sites excluding steroid dienone is 16. The van der Waals surface area contributed by atoms with Gasteiger partial charge in [-0.3, -0.25) is 14.4 Å². The van der Waals surface area contributed by atoms with E-state index in [0.717, 1.165) is 122 Å². The van der Waals surface area contributed by atoms with E-state index >= 15 is 0 Å². The van der Waals surface area contributed by atoms with Crippen LogP contribution in [0.25, 0.3) is 0 Å². The van der Waals surface area contributed by atoms with E-state index in [2.05, 4.69) is 118 Å². The van der Waals surface area contributed by atoms with Crippen LogP contribution < -0.4 is 0 Å². The molecular weight excluding hydrogens is 925 g/mol. The minimum atomic E-state index is -0.777. The van der Waals surface area contributed by atoms with Gasteiger partial charge in [-0.25, -0.2) is 0 Å². The zero-order valence-electron chi connectivity index (χ0n) is 49.3. The van der Waals surface area contributed by atoms with E-state index in [1.54, 1.807) is 0 Å². The molecule has 0 saturated carbocycles. The molecule has 0 saturated heterocycles. The summed E-state index contributed by atoms with van der Waals surface area (Å²) in [5, 5.41) is 0. The number of esters is 3. The van der Waals surface area contributed by atoms with Gasteiger partial charge in [0.1, 0.15) is 13.2 Å². The van der Waals surface area contributed by atoms with Gasteiger partial charge in [0.05, 0.1) is 0 Å². The number of carbonyl (C=O) groups is 3. The first kappa shape index (κ1) is 71.3. The Labute approximate surface area is 464 Å². The molecule has 0 aliphatic rings. The Morgan fingerprint density at radius 2 is 0.520 bits per heavy atom. The number of rotatable bonds is 57. The van der Waals surface area contributed by atoms with Crippen LogP contribution in [0.3, 0.4) is 0 Å². The maximum atomic E-state index is 12.8. The highest BCUT2D eigenvalue weighted by Gasteiger charge is 2.19. The molecule has 1 atom stereocenters. The fourth-order valence-electron chi connectivity index (χ4n) is 8.90. The molecule has 0 aliphatic heterocycles. The van der Waals surface area contributed by atoms with Gasteiger partial charge in [-0.15, -0.1) is 0 Å². The molecule has 0 bridgehead atoms. The Kier molecular flexibility index (Phi) is 59.8. The van der Waals surface area contributed by atoms with E-state index in [9.17, 15) is 14.4 Å². The highest BCUT2D eigenvalue weighted by atomic mass is 16.6. The third kappa shape index (κ3) is 61.1. The van der Waals surface area contributed by atoms with Crippen molar-refractivity contribution >= 4 is 17.9 Å². The molecule has 0 radical (unpaired) electrons. The zero-order chi connectivity index (χ0) is 54.3. The van der Waals surface area contributed by atoms with Crippen molar-refractivity contribution in [3.8, 4) is 0 Å². The number of carbonyl (C=O) groups excluding carboxylic acids is 3. The lowest BCUT2D eigenvalue weighted by Crippen LogP contribution is -2.30. The average Bonchev–Trinajstić information content (AvgIpc) is 3.41. The fraction of sp³-hybridized carbons (Fsp3) is 0.725. The Morgan fingerprint density at radius 3 is 0.813 bits per heavy atom. The lowest BCUT2D eigenvalue weighted by molar-refractivity contribution is -0.167. The molecule has 1 unspecified atom stereocenters. The molecule has 6 nitrogen and oxygen atoms in total. The van der Waals surface area contributed by atoms with Crippen molar-refractivity contribution in [1.82, 2.24) is 0 Å². The highest BCUT2D eigenvalue weighted by molar-refractivity contribution is 5.71. The van der Waals surface area contributed by atoms with Crippen LogP contribution in [0.1, 0.15) is 303 Å². The van der Waals surface area contributed by atoms with Gasteiger partial charge in [0.25, 0.3) is 0 Å². The molecule has 0 heterocycles. The topological polar surface area (TPSA) is 78.9 Å². The Hall–Kier alpha value is -3.67. The Bertz CT molecular complexity index is 1480. The summed E-state index contributed by atoms with van der Waals surface area (Å²) in [4.78, 5) is 37.9. The first-order valence-electron chi connectivity index (χ1n) is 31.7. The molecule has 75 heavy (non-hydrogen) atoms. The smallest absolute Gasteiger partial charge is 0.306 e. The van der Waals surface area contributed by atoms with Gasteiger partial charge in [-0.1, -0.05) is 285 Å². The summed E-state index contributed by atoms with van der Waals surface area (Å²) in [5.74, 6) is -0.891. The first-order valence-corrected chi connectivity index (χ1v) is 31.7. The molecule has 430 valence electrons. The van der Waals surface area contributed by atoms with Gasteiger partial charge in [0, 0.05) is 19.3 Å². The Balaban J connectivity index is 3.99. The third-order valence-corrected chi connectivity index (χ3v) is 13.6. The van der Waals surface area contributed by atoms with E-state index in [1.165, 1.54) is 141 Å². The summed E-state index contributed by atoms with van der Waals surface area (Å²) in [6.07, 6.45) is 84.7. The summed E-state index contributed by atoms with van der Waals surface area (Å²) < 4.78 is 16.8. The van der Waals surface area contributed by atoms with Crippen LogP contribution >= 0.6 is 0 Å². The minimum absolute atomic E-state index is 0.0781. The molecule has 0 fully saturated rings. The number of hydrogen-bond donors (Lipinski definition) is 0. The molecule has 0 amide bonds. The van der Waals surface area contributed by atoms with Crippen LogP contribution in [0, 0.1) is 0 Å². The molecule has 0 N–H and O–H groups in total. The summed E-state index contributed by atoms with van der Waals surface area (Å²) in [5.41, 5.74) is 0. The van der Waals surface area contributed by atoms with E-state index in [1.807, 2.05) is 0 Å². The number of ether oxygens (including phenoxy) is 3. The van der Waals surface area contributed by atoms with Gasteiger partial charge < -0.3 is 14.2 Å². The second kappa shape index (κ2) is 62.9. The molecule has 0 aromatic carbocycles. The summed E-state index contributed by atoms with van der Waals surface area (Å²) in [6.45, 7) is 6.35. The lowest BCUT2D eigenvalue weighted by Gasteiger charge is -2.18. The second-order valence-corrected chi connectivity index (χ2v) is 20.9. The maximum Gasteiger partial charge on any atom is 0.306 e. The standard InChI is InChI=1S/C69H118O6/c1-4-7-10-13-15-17-19-21-23-25-27-29-30-31-32-33-34-35-36-37-38-40-41-43-45-47-49-51-53-56-59-62-68(71)74-65-66(64-73-67(70)61-58-55-12-9-6-3)75-69(72)63-60-57-54-52-50-48-46-44-42-39-28-26-24-22-20-18-16-14-11-8-5-2/h7-8,10-11,15-18,21-24,27-29,39,66H,4-6,9,12-14,19-20,25-26,30-38,40-65H2,1-3H3/b10-7-,11-8-,17-15-,18-16-,23-21-,24-22-,29-27-,39-28-. The van der Waals surface area contributed by atoms with E-state index in [0.29, 0.717) is 19.3 Å². The van der Waals surface area contributed by atoms with Crippen LogP contribution in [-0.4, -0.2) is 37.2 Å².